The first kappa shape index (κ1) is 14.3. The Kier molecular flexibility index (Phi) is 4.79. The maximum atomic E-state index is 11.1. The molecular formula is C12H10BrClN2O2S. The van der Waals surface area contributed by atoms with Crippen molar-refractivity contribution < 1.29 is 9.53 Å². The fraction of sp³-hybridized carbons (Fsp3) is 0.167. The molecule has 0 aliphatic rings. The van der Waals surface area contributed by atoms with Crippen LogP contribution < -0.4 is 5.32 Å². The largest absolute Gasteiger partial charge is 0.469 e. The Labute approximate surface area is 127 Å². The number of hydrogen-bond acceptors (Lipinski definition) is 5. The molecule has 0 atom stereocenters. The number of benzene rings is 1. The molecule has 0 fully saturated rings. The molecule has 0 saturated heterocycles. The summed E-state index contributed by atoms with van der Waals surface area (Å²) in [6.07, 6.45) is 0.172. The molecule has 0 aliphatic heterocycles. The minimum atomic E-state index is -0.305. The van der Waals surface area contributed by atoms with E-state index in [0.717, 1.165) is 10.2 Å². The summed E-state index contributed by atoms with van der Waals surface area (Å²) in [5.41, 5.74) is 1.50. The number of aromatic nitrogens is 1. The molecule has 19 heavy (non-hydrogen) atoms. The Bertz CT molecular complexity index is 603. The van der Waals surface area contributed by atoms with E-state index < -0.39 is 0 Å². The summed E-state index contributed by atoms with van der Waals surface area (Å²) in [4.78, 5) is 15.5. The highest BCUT2D eigenvalue weighted by atomic mass is 79.9. The van der Waals surface area contributed by atoms with Gasteiger partial charge in [-0.2, -0.15) is 0 Å². The summed E-state index contributed by atoms with van der Waals surface area (Å²) in [7, 11) is 1.36. The number of carbonyl (C=O) groups is 1. The van der Waals surface area contributed by atoms with Crippen molar-refractivity contribution in [1.82, 2.24) is 4.98 Å². The lowest BCUT2D eigenvalue weighted by Gasteiger charge is -2.05. The van der Waals surface area contributed by atoms with Crippen LogP contribution in [0.25, 0.3) is 0 Å². The Balaban J connectivity index is 2.11. The minimum absolute atomic E-state index is 0.172. The SMILES string of the molecule is COC(=O)Cc1csc(Nc2cc(Cl)ccc2Br)n1. The van der Waals surface area contributed by atoms with Crippen LogP contribution in [0.3, 0.4) is 0 Å². The van der Waals surface area contributed by atoms with E-state index in [2.05, 4.69) is 31.0 Å². The number of halogens is 2. The minimum Gasteiger partial charge on any atom is -0.469 e. The van der Waals surface area contributed by atoms with Crippen molar-refractivity contribution in [1.29, 1.82) is 0 Å². The number of nitrogens with zero attached hydrogens (tertiary/aromatic N) is 1. The first-order chi connectivity index (χ1) is 9.08. The smallest absolute Gasteiger partial charge is 0.311 e. The van der Waals surface area contributed by atoms with Crippen LogP contribution in [0.15, 0.2) is 28.1 Å². The van der Waals surface area contributed by atoms with Crippen molar-refractivity contribution in [2.45, 2.75) is 6.42 Å². The molecule has 1 heterocycles. The summed E-state index contributed by atoms with van der Waals surface area (Å²) < 4.78 is 5.49. The van der Waals surface area contributed by atoms with E-state index in [1.807, 2.05) is 11.4 Å². The quantitative estimate of drug-likeness (QED) is 0.836. The van der Waals surface area contributed by atoms with Crippen LogP contribution in [-0.4, -0.2) is 18.1 Å². The molecule has 2 aromatic rings. The zero-order chi connectivity index (χ0) is 13.8. The first-order valence-electron chi connectivity index (χ1n) is 5.32. The number of nitrogens with one attached hydrogen (secondary N) is 1. The third-order valence-electron chi connectivity index (χ3n) is 2.27. The van der Waals surface area contributed by atoms with Gasteiger partial charge in [0.05, 0.1) is 24.9 Å². The van der Waals surface area contributed by atoms with E-state index in [0.29, 0.717) is 15.8 Å². The molecule has 7 heteroatoms. The number of carbonyl (C=O) groups excluding carboxylic acids is 1. The Morgan fingerprint density at radius 2 is 2.37 bits per heavy atom. The molecular weight excluding hydrogens is 352 g/mol. The van der Waals surface area contributed by atoms with Crippen LogP contribution in [0.5, 0.6) is 0 Å². The summed E-state index contributed by atoms with van der Waals surface area (Å²) >= 11 is 10.8. The van der Waals surface area contributed by atoms with Gasteiger partial charge in [0, 0.05) is 14.9 Å². The van der Waals surface area contributed by atoms with E-state index in [1.54, 1.807) is 12.1 Å². The molecule has 0 saturated carbocycles. The van der Waals surface area contributed by atoms with Crippen molar-refractivity contribution in [3.63, 3.8) is 0 Å². The van der Waals surface area contributed by atoms with Gasteiger partial charge in [-0.1, -0.05) is 11.6 Å². The molecule has 1 aromatic heterocycles. The highest BCUT2D eigenvalue weighted by Gasteiger charge is 2.09. The van der Waals surface area contributed by atoms with Crippen molar-refractivity contribution in [3.8, 4) is 0 Å². The van der Waals surface area contributed by atoms with Crippen molar-refractivity contribution in [2.24, 2.45) is 0 Å². The lowest BCUT2D eigenvalue weighted by Crippen LogP contribution is -2.04. The molecule has 2 rings (SSSR count). The third kappa shape index (κ3) is 3.92. The summed E-state index contributed by atoms with van der Waals surface area (Å²) in [5.74, 6) is -0.305. The molecule has 0 aliphatic carbocycles. The van der Waals surface area contributed by atoms with Gasteiger partial charge in [0.15, 0.2) is 5.13 Å². The van der Waals surface area contributed by atoms with E-state index in [1.165, 1.54) is 18.4 Å². The number of esters is 1. The van der Waals surface area contributed by atoms with Gasteiger partial charge in [-0.3, -0.25) is 4.79 Å². The second-order valence-electron chi connectivity index (χ2n) is 3.65. The molecule has 0 spiro atoms. The van der Waals surface area contributed by atoms with Crippen LogP contribution in [0, 0.1) is 0 Å². The van der Waals surface area contributed by atoms with Gasteiger partial charge in [-0.15, -0.1) is 11.3 Å². The van der Waals surface area contributed by atoms with Crippen molar-refractivity contribution in [3.05, 3.63) is 38.8 Å². The van der Waals surface area contributed by atoms with Crippen molar-refractivity contribution in [2.75, 3.05) is 12.4 Å². The maximum Gasteiger partial charge on any atom is 0.311 e. The molecule has 0 bridgehead atoms. The van der Waals surface area contributed by atoms with Gasteiger partial charge in [0.2, 0.25) is 0 Å². The molecule has 0 amide bonds. The number of ether oxygens (including phenoxy) is 1. The predicted molar refractivity (Wildman–Crippen MR) is 80.3 cm³/mol. The van der Waals surface area contributed by atoms with E-state index in [9.17, 15) is 4.79 Å². The molecule has 4 nitrogen and oxygen atoms in total. The molecule has 1 N–H and O–H groups in total. The summed E-state index contributed by atoms with van der Waals surface area (Å²) in [5, 5.41) is 6.30. The first-order valence-corrected chi connectivity index (χ1v) is 7.37. The molecule has 100 valence electrons. The Morgan fingerprint density at radius 1 is 1.58 bits per heavy atom. The molecule has 0 unspecified atom stereocenters. The number of thiazole rings is 1. The number of methoxy groups -OCH3 is 1. The molecule has 1 aromatic carbocycles. The number of anilines is 2. The fourth-order valence-corrected chi connectivity index (χ4v) is 2.61. The summed E-state index contributed by atoms with van der Waals surface area (Å²) in [6, 6.07) is 5.45. The Morgan fingerprint density at radius 3 is 3.11 bits per heavy atom. The zero-order valence-corrected chi connectivity index (χ0v) is 13.1. The lowest BCUT2D eigenvalue weighted by molar-refractivity contribution is -0.139. The third-order valence-corrected chi connectivity index (χ3v) is 4.01. The maximum absolute atomic E-state index is 11.1. The van der Waals surface area contributed by atoms with E-state index >= 15 is 0 Å². The Hall–Kier alpha value is -1.11. The van der Waals surface area contributed by atoms with Gasteiger partial charge in [-0.25, -0.2) is 4.98 Å². The van der Waals surface area contributed by atoms with Crippen LogP contribution in [0.2, 0.25) is 5.02 Å². The zero-order valence-electron chi connectivity index (χ0n) is 9.94. The summed E-state index contributed by atoms with van der Waals surface area (Å²) in [6.45, 7) is 0. The predicted octanol–water partition coefficient (Wildman–Crippen LogP) is 4.02. The molecule has 0 radical (unpaired) electrons. The number of rotatable bonds is 4. The van der Waals surface area contributed by atoms with E-state index in [4.69, 9.17) is 11.6 Å². The second kappa shape index (κ2) is 6.36. The highest BCUT2D eigenvalue weighted by Crippen LogP contribution is 2.30. The monoisotopic (exact) mass is 360 g/mol. The van der Waals surface area contributed by atoms with Gasteiger partial charge >= 0.3 is 5.97 Å². The average Bonchev–Trinajstić information content (AvgIpc) is 2.81. The average molecular weight is 362 g/mol. The van der Waals surface area contributed by atoms with E-state index in [-0.39, 0.29) is 12.4 Å². The van der Waals surface area contributed by atoms with Gasteiger partial charge < -0.3 is 10.1 Å². The van der Waals surface area contributed by atoms with Crippen molar-refractivity contribution >= 4 is 55.7 Å². The number of hydrogen-bond donors (Lipinski definition) is 1. The fourth-order valence-electron chi connectivity index (χ4n) is 1.37. The highest BCUT2D eigenvalue weighted by molar-refractivity contribution is 9.10. The van der Waals surface area contributed by atoms with Crippen LogP contribution in [-0.2, 0) is 16.0 Å². The standard InChI is InChI=1S/C12H10BrClN2O2S/c1-18-11(17)5-8-6-19-12(15-8)16-10-4-7(14)2-3-9(10)13/h2-4,6H,5H2,1H3,(H,15,16). The van der Waals surface area contributed by atoms with Crippen LogP contribution >= 0.6 is 38.9 Å². The normalized spacial score (nSPS) is 10.3. The topological polar surface area (TPSA) is 51.2 Å². The van der Waals surface area contributed by atoms with Gasteiger partial charge in [-0.05, 0) is 34.1 Å². The van der Waals surface area contributed by atoms with Gasteiger partial charge in [0.1, 0.15) is 0 Å². The second-order valence-corrected chi connectivity index (χ2v) is 5.79. The lowest BCUT2D eigenvalue weighted by atomic mass is 10.3. The van der Waals surface area contributed by atoms with Crippen LogP contribution in [0.4, 0.5) is 10.8 Å². The van der Waals surface area contributed by atoms with Gasteiger partial charge in [0.25, 0.3) is 0 Å². The van der Waals surface area contributed by atoms with Crippen LogP contribution in [0.1, 0.15) is 5.69 Å².